The zero-order chi connectivity index (χ0) is 15.6. The van der Waals surface area contributed by atoms with Gasteiger partial charge in [0.05, 0.1) is 0 Å². The standard InChI is InChI=1S/C18H22N2O3/c21-18(20-11-12-3-5-19-6-4-12)15-10-14(15)13-1-2-16-17(9-13)23-8-7-22-16/h1-3,9,14-15,19H,4-8,10-11H2,(H,20,21). The maximum atomic E-state index is 12.3. The predicted molar refractivity (Wildman–Crippen MR) is 86.9 cm³/mol. The Labute approximate surface area is 136 Å². The molecule has 2 N–H and O–H groups in total. The molecule has 1 saturated carbocycles. The molecule has 122 valence electrons. The smallest absolute Gasteiger partial charge is 0.224 e. The van der Waals surface area contributed by atoms with Crippen molar-refractivity contribution in [2.45, 2.75) is 18.8 Å². The highest BCUT2D eigenvalue weighted by molar-refractivity contribution is 5.83. The first-order chi connectivity index (χ1) is 11.3. The molecule has 3 aliphatic rings. The topological polar surface area (TPSA) is 59.6 Å². The van der Waals surface area contributed by atoms with E-state index < -0.39 is 0 Å². The van der Waals surface area contributed by atoms with Gasteiger partial charge in [0.25, 0.3) is 0 Å². The Bertz CT molecular complexity index is 641. The van der Waals surface area contributed by atoms with Crippen molar-refractivity contribution in [3.05, 3.63) is 35.4 Å². The van der Waals surface area contributed by atoms with E-state index in [1.165, 1.54) is 11.1 Å². The summed E-state index contributed by atoms with van der Waals surface area (Å²) >= 11 is 0. The summed E-state index contributed by atoms with van der Waals surface area (Å²) in [5, 5.41) is 6.37. The first-order valence-electron chi connectivity index (χ1n) is 8.37. The Kier molecular flexibility index (Phi) is 3.95. The second-order valence-electron chi connectivity index (χ2n) is 6.39. The van der Waals surface area contributed by atoms with E-state index in [-0.39, 0.29) is 11.8 Å². The van der Waals surface area contributed by atoms with E-state index in [4.69, 9.17) is 9.47 Å². The highest BCUT2D eigenvalue weighted by atomic mass is 16.6. The molecule has 2 aliphatic heterocycles. The summed E-state index contributed by atoms with van der Waals surface area (Å²) in [7, 11) is 0. The monoisotopic (exact) mass is 314 g/mol. The van der Waals surface area contributed by atoms with Gasteiger partial charge in [0, 0.05) is 19.0 Å². The molecular formula is C18H22N2O3. The van der Waals surface area contributed by atoms with E-state index in [0.29, 0.717) is 25.7 Å². The summed E-state index contributed by atoms with van der Waals surface area (Å²) in [6.07, 6.45) is 4.12. The number of amides is 1. The molecule has 1 aliphatic carbocycles. The van der Waals surface area contributed by atoms with Crippen LogP contribution in [0.4, 0.5) is 0 Å². The third-order valence-electron chi connectivity index (χ3n) is 4.77. The van der Waals surface area contributed by atoms with Crippen molar-refractivity contribution in [2.75, 3.05) is 32.8 Å². The van der Waals surface area contributed by atoms with Gasteiger partial charge in [-0.25, -0.2) is 0 Å². The summed E-state index contributed by atoms with van der Waals surface area (Å²) in [5.74, 6) is 2.19. The number of hydrogen-bond acceptors (Lipinski definition) is 4. The molecule has 1 fully saturated rings. The van der Waals surface area contributed by atoms with Gasteiger partial charge in [-0.15, -0.1) is 0 Å². The van der Waals surface area contributed by atoms with Crippen molar-refractivity contribution in [2.24, 2.45) is 5.92 Å². The van der Waals surface area contributed by atoms with E-state index in [0.717, 1.165) is 37.4 Å². The predicted octanol–water partition coefficient (Wildman–Crippen LogP) is 1.60. The molecule has 0 spiro atoms. The molecule has 0 bridgehead atoms. The fourth-order valence-corrected chi connectivity index (χ4v) is 3.31. The third kappa shape index (κ3) is 3.20. The lowest BCUT2D eigenvalue weighted by atomic mass is 10.1. The maximum absolute atomic E-state index is 12.3. The van der Waals surface area contributed by atoms with Gasteiger partial charge in [0.1, 0.15) is 13.2 Å². The Hall–Kier alpha value is -2.01. The van der Waals surface area contributed by atoms with E-state index >= 15 is 0 Å². The van der Waals surface area contributed by atoms with Crippen molar-refractivity contribution < 1.29 is 14.3 Å². The van der Waals surface area contributed by atoms with Gasteiger partial charge in [-0.2, -0.15) is 0 Å². The summed E-state index contributed by atoms with van der Waals surface area (Å²) < 4.78 is 11.2. The van der Waals surface area contributed by atoms with Crippen LogP contribution < -0.4 is 20.1 Å². The van der Waals surface area contributed by atoms with Gasteiger partial charge in [-0.05, 0) is 43.0 Å². The fourth-order valence-electron chi connectivity index (χ4n) is 3.31. The molecule has 0 aromatic heterocycles. The third-order valence-corrected chi connectivity index (χ3v) is 4.77. The van der Waals surface area contributed by atoms with Gasteiger partial charge in [-0.3, -0.25) is 4.79 Å². The Morgan fingerprint density at radius 3 is 2.96 bits per heavy atom. The van der Waals surface area contributed by atoms with Crippen LogP contribution >= 0.6 is 0 Å². The SMILES string of the molecule is O=C(NCC1=CCNCC1)C1CC1c1ccc2c(c1)OCCO2. The number of carbonyl (C=O) groups is 1. The molecular weight excluding hydrogens is 292 g/mol. The molecule has 5 nitrogen and oxygen atoms in total. The second kappa shape index (κ2) is 6.24. The number of benzene rings is 1. The number of hydrogen-bond donors (Lipinski definition) is 2. The number of fused-ring (bicyclic) bond motifs is 1. The molecule has 1 amide bonds. The largest absolute Gasteiger partial charge is 0.486 e. The normalized spacial score (nSPS) is 25.5. The van der Waals surface area contributed by atoms with E-state index in [1.807, 2.05) is 12.1 Å². The molecule has 2 atom stereocenters. The molecule has 0 saturated heterocycles. The lowest BCUT2D eigenvalue weighted by molar-refractivity contribution is -0.122. The second-order valence-corrected chi connectivity index (χ2v) is 6.39. The van der Waals surface area contributed by atoms with Crippen LogP contribution in [0.15, 0.2) is 29.8 Å². The van der Waals surface area contributed by atoms with Crippen LogP contribution in [0, 0.1) is 5.92 Å². The van der Waals surface area contributed by atoms with Crippen molar-refractivity contribution in [1.82, 2.24) is 10.6 Å². The molecule has 1 aromatic rings. The maximum Gasteiger partial charge on any atom is 0.224 e. The van der Waals surface area contributed by atoms with E-state index in [9.17, 15) is 4.79 Å². The minimum Gasteiger partial charge on any atom is -0.486 e. The van der Waals surface area contributed by atoms with Gasteiger partial charge in [-0.1, -0.05) is 17.7 Å². The lowest BCUT2D eigenvalue weighted by Crippen LogP contribution is -2.30. The molecule has 2 heterocycles. The summed E-state index contributed by atoms with van der Waals surface area (Å²) in [4.78, 5) is 12.3. The quantitative estimate of drug-likeness (QED) is 0.829. The Morgan fingerprint density at radius 1 is 1.26 bits per heavy atom. The van der Waals surface area contributed by atoms with Crippen molar-refractivity contribution in [1.29, 1.82) is 0 Å². The summed E-state index contributed by atoms with van der Waals surface area (Å²) in [6, 6.07) is 6.04. The minimum absolute atomic E-state index is 0.0971. The summed E-state index contributed by atoms with van der Waals surface area (Å²) in [5.41, 5.74) is 2.50. The number of ether oxygens (including phenoxy) is 2. The lowest BCUT2D eigenvalue weighted by Gasteiger charge is -2.19. The molecule has 23 heavy (non-hydrogen) atoms. The average Bonchev–Trinajstić information content (AvgIpc) is 3.41. The molecule has 0 radical (unpaired) electrons. The molecule has 1 aromatic carbocycles. The first-order valence-corrected chi connectivity index (χ1v) is 8.37. The van der Waals surface area contributed by atoms with Gasteiger partial charge >= 0.3 is 0 Å². The number of nitrogens with one attached hydrogen (secondary N) is 2. The van der Waals surface area contributed by atoms with Crippen molar-refractivity contribution >= 4 is 5.91 Å². The minimum atomic E-state index is 0.0971. The van der Waals surface area contributed by atoms with Crippen molar-refractivity contribution in [3.8, 4) is 11.5 Å². The molecule has 2 unspecified atom stereocenters. The zero-order valence-corrected chi connectivity index (χ0v) is 13.1. The van der Waals surface area contributed by atoms with Gasteiger partial charge < -0.3 is 20.1 Å². The summed E-state index contributed by atoms with van der Waals surface area (Å²) in [6.45, 7) is 3.80. The van der Waals surface area contributed by atoms with Gasteiger partial charge in [0.15, 0.2) is 11.5 Å². The van der Waals surface area contributed by atoms with E-state index in [2.05, 4.69) is 22.8 Å². The van der Waals surface area contributed by atoms with E-state index in [1.54, 1.807) is 0 Å². The van der Waals surface area contributed by atoms with Crippen LogP contribution in [0.25, 0.3) is 0 Å². The van der Waals surface area contributed by atoms with Gasteiger partial charge in [0.2, 0.25) is 5.91 Å². The Morgan fingerprint density at radius 2 is 2.13 bits per heavy atom. The average molecular weight is 314 g/mol. The Balaban J connectivity index is 1.34. The van der Waals surface area contributed by atoms with Crippen LogP contribution in [0.3, 0.4) is 0 Å². The molecule has 5 heteroatoms. The highest BCUT2D eigenvalue weighted by Crippen LogP contribution is 2.49. The number of rotatable bonds is 4. The zero-order valence-electron chi connectivity index (χ0n) is 13.1. The van der Waals surface area contributed by atoms with Crippen LogP contribution in [-0.2, 0) is 4.79 Å². The van der Waals surface area contributed by atoms with Crippen LogP contribution in [-0.4, -0.2) is 38.8 Å². The highest BCUT2D eigenvalue weighted by Gasteiger charge is 2.44. The fraction of sp³-hybridized carbons (Fsp3) is 0.500. The van der Waals surface area contributed by atoms with Crippen LogP contribution in [0.2, 0.25) is 0 Å². The van der Waals surface area contributed by atoms with Crippen LogP contribution in [0.5, 0.6) is 11.5 Å². The molecule has 4 rings (SSSR count). The van der Waals surface area contributed by atoms with Crippen molar-refractivity contribution in [3.63, 3.8) is 0 Å². The first kappa shape index (κ1) is 14.6. The van der Waals surface area contributed by atoms with Crippen LogP contribution in [0.1, 0.15) is 24.3 Å². The number of carbonyl (C=O) groups excluding carboxylic acids is 1.